The van der Waals surface area contributed by atoms with Gasteiger partial charge < -0.3 is 19.6 Å². The van der Waals surface area contributed by atoms with Crippen LogP contribution in [0, 0.1) is 6.92 Å². The summed E-state index contributed by atoms with van der Waals surface area (Å²) in [6.45, 7) is 1.96. The molecule has 140 valence electrons. The summed E-state index contributed by atoms with van der Waals surface area (Å²) in [4.78, 5) is 28.8. The molecule has 0 unspecified atom stereocenters. The normalized spacial score (nSPS) is 10.8. The fourth-order valence-corrected chi connectivity index (χ4v) is 2.88. The first-order valence-electron chi connectivity index (χ1n) is 8.69. The van der Waals surface area contributed by atoms with E-state index in [9.17, 15) is 9.59 Å². The van der Waals surface area contributed by atoms with Crippen LogP contribution in [-0.4, -0.2) is 15.5 Å². The van der Waals surface area contributed by atoms with E-state index < -0.39 is 0 Å². The minimum absolute atomic E-state index is 0.107. The second-order valence-corrected chi connectivity index (χ2v) is 6.48. The molecular formula is C21H18N4O3. The van der Waals surface area contributed by atoms with Gasteiger partial charge in [-0.2, -0.15) is 0 Å². The smallest absolute Gasteiger partial charge is 0.291 e. The number of rotatable bonds is 4. The number of hydrogen-bond acceptors (Lipinski definition) is 5. The maximum Gasteiger partial charge on any atom is 0.291 e. The average Bonchev–Trinajstić information content (AvgIpc) is 3.23. The van der Waals surface area contributed by atoms with Crippen LogP contribution in [-0.2, 0) is 7.05 Å². The molecular weight excluding hydrogens is 356 g/mol. The van der Waals surface area contributed by atoms with E-state index in [-0.39, 0.29) is 17.2 Å². The molecule has 2 heterocycles. The standard InChI is InChI=1S/C21H18N4O3/c1-13-5-6-15(24-20(26)19-4-3-9-28-19)11-18(13)23-14-7-8-17-16(10-14)21(27)25(2)12-22-17/h3-12,23H,1-2H3,(H,24,26). The van der Waals surface area contributed by atoms with Crippen molar-refractivity contribution in [3.63, 3.8) is 0 Å². The molecule has 0 saturated carbocycles. The molecule has 0 aliphatic heterocycles. The zero-order valence-corrected chi connectivity index (χ0v) is 15.4. The molecule has 7 nitrogen and oxygen atoms in total. The molecule has 2 N–H and O–H groups in total. The van der Waals surface area contributed by atoms with Gasteiger partial charge in [-0.05, 0) is 55.0 Å². The number of fused-ring (bicyclic) bond motifs is 1. The molecule has 0 atom stereocenters. The Morgan fingerprint density at radius 2 is 1.93 bits per heavy atom. The largest absolute Gasteiger partial charge is 0.459 e. The molecule has 4 aromatic rings. The van der Waals surface area contributed by atoms with Gasteiger partial charge in [-0.1, -0.05) is 6.07 Å². The Morgan fingerprint density at radius 1 is 1.11 bits per heavy atom. The van der Waals surface area contributed by atoms with Crippen LogP contribution >= 0.6 is 0 Å². The van der Waals surface area contributed by atoms with Crippen LogP contribution in [0.2, 0.25) is 0 Å². The number of aromatic nitrogens is 2. The van der Waals surface area contributed by atoms with E-state index in [4.69, 9.17) is 4.42 Å². The van der Waals surface area contributed by atoms with Crippen LogP contribution in [0.15, 0.2) is 70.3 Å². The summed E-state index contributed by atoms with van der Waals surface area (Å²) in [5.74, 6) is -0.0759. The predicted octanol–water partition coefficient (Wildman–Crippen LogP) is 3.83. The Kier molecular flexibility index (Phi) is 4.41. The highest BCUT2D eigenvalue weighted by atomic mass is 16.3. The molecule has 0 aliphatic rings. The van der Waals surface area contributed by atoms with Gasteiger partial charge in [-0.25, -0.2) is 4.98 Å². The zero-order valence-electron chi connectivity index (χ0n) is 15.4. The predicted molar refractivity (Wildman–Crippen MR) is 108 cm³/mol. The van der Waals surface area contributed by atoms with Crippen LogP contribution in [0.1, 0.15) is 16.1 Å². The monoisotopic (exact) mass is 374 g/mol. The van der Waals surface area contributed by atoms with Crippen molar-refractivity contribution in [2.24, 2.45) is 7.05 Å². The lowest BCUT2D eigenvalue weighted by Crippen LogP contribution is -2.16. The minimum atomic E-state index is -0.319. The Bertz CT molecular complexity index is 1230. The first-order valence-corrected chi connectivity index (χ1v) is 8.69. The lowest BCUT2D eigenvalue weighted by molar-refractivity contribution is 0.0996. The highest BCUT2D eigenvalue weighted by Gasteiger charge is 2.10. The summed E-state index contributed by atoms with van der Waals surface area (Å²) >= 11 is 0. The number of carbonyl (C=O) groups excluding carboxylic acids is 1. The Balaban J connectivity index is 1.62. The Morgan fingerprint density at radius 3 is 2.71 bits per heavy atom. The fraction of sp³-hybridized carbons (Fsp3) is 0.0952. The van der Waals surface area contributed by atoms with Gasteiger partial charge in [0.25, 0.3) is 11.5 Å². The number of aryl methyl sites for hydroxylation is 2. The molecule has 2 aromatic heterocycles. The Labute approximate surface area is 160 Å². The van der Waals surface area contributed by atoms with Gasteiger partial charge in [0.15, 0.2) is 5.76 Å². The van der Waals surface area contributed by atoms with Gasteiger partial charge >= 0.3 is 0 Å². The van der Waals surface area contributed by atoms with Gasteiger partial charge in [-0.15, -0.1) is 0 Å². The van der Waals surface area contributed by atoms with Gasteiger partial charge in [0.2, 0.25) is 0 Å². The van der Waals surface area contributed by atoms with Crippen molar-refractivity contribution in [2.75, 3.05) is 10.6 Å². The number of nitrogens with one attached hydrogen (secondary N) is 2. The number of benzene rings is 2. The van der Waals surface area contributed by atoms with Crippen molar-refractivity contribution in [3.8, 4) is 0 Å². The van der Waals surface area contributed by atoms with Crippen molar-refractivity contribution in [2.45, 2.75) is 6.92 Å². The van der Waals surface area contributed by atoms with Crippen LogP contribution in [0.4, 0.5) is 17.1 Å². The second kappa shape index (κ2) is 7.03. The van der Waals surface area contributed by atoms with Crippen LogP contribution in [0.3, 0.4) is 0 Å². The van der Waals surface area contributed by atoms with Crippen molar-refractivity contribution < 1.29 is 9.21 Å². The molecule has 7 heteroatoms. The van der Waals surface area contributed by atoms with E-state index in [1.54, 1.807) is 31.3 Å². The average molecular weight is 374 g/mol. The van der Waals surface area contributed by atoms with Crippen LogP contribution < -0.4 is 16.2 Å². The number of hydrogen-bond donors (Lipinski definition) is 2. The SMILES string of the molecule is Cc1ccc(NC(=O)c2ccco2)cc1Nc1ccc2ncn(C)c(=O)c2c1. The van der Waals surface area contributed by atoms with Crippen molar-refractivity contribution in [1.29, 1.82) is 0 Å². The maximum absolute atomic E-state index is 12.3. The van der Waals surface area contributed by atoms with E-state index in [0.29, 0.717) is 16.6 Å². The number of carbonyl (C=O) groups is 1. The third kappa shape index (κ3) is 3.37. The Hall–Kier alpha value is -3.87. The van der Waals surface area contributed by atoms with Gasteiger partial charge in [0, 0.05) is 24.1 Å². The summed E-state index contributed by atoms with van der Waals surface area (Å²) in [7, 11) is 1.67. The molecule has 2 aromatic carbocycles. The minimum Gasteiger partial charge on any atom is -0.459 e. The molecule has 0 radical (unpaired) electrons. The summed E-state index contributed by atoms with van der Waals surface area (Å²) in [6.07, 6.45) is 2.96. The molecule has 1 amide bonds. The zero-order chi connectivity index (χ0) is 19.7. The molecule has 4 rings (SSSR count). The van der Waals surface area contributed by atoms with Crippen molar-refractivity contribution in [1.82, 2.24) is 9.55 Å². The quantitative estimate of drug-likeness (QED) is 0.567. The number of nitrogens with zero attached hydrogens (tertiary/aromatic N) is 2. The number of amides is 1. The van der Waals surface area contributed by atoms with Gasteiger partial charge in [0.05, 0.1) is 23.5 Å². The third-order valence-electron chi connectivity index (χ3n) is 4.44. The molecule has 0 spiro atoms. The van der Waals surface area contributed by atoms with Crippen molar-refractivity contribution >= 4 is 33.9 Å². The molecule has 0 saturated heterocycles. The van der Waals surface area contributed by atoms with E-state index in [0.717, 1.165) is 16.9 Å². The first kappa shape index (κ1) is 17.5. The van der Waals surface area contributed by atoms with E-state index in [1.807, 2.05) is 31.2 Å². The highest BCUT2D eigenvalue weighted by molar-refractivity contribution is 6.02. The summed E-state index contributed by atoms with van der Waals surface area (Å²) < 4.78 is 6.56. The summed E-state index contributed by atoms with van der Waals surface area (Å²) in [5, 5.41) is 6.65. The van der Waals surface area contributed by atoms with E-state index in [2.05, 4.69) is 15.6 Å². The summed E-state index contributed by atoms with van der Waals surface area (Å²) in [6, 6.07) is 14.3. The summed E-state index contributed by atoms with van der Waals surface area (Å²) in [5.41, 5.74) is 3.74. The third-order valence-corrected chi connectivity index (χ3v) is 4.44. The maximum atomic E-state index is 12.3. The molecule has 0 fully saturated rings. The van der Waals surface area contributed by atoms with Gasteiger partial charge in [-0.3, -0.25) is 9.59 Å². The van der Waals surface area contributed by atoms with Crippen LogP contribution in [0.5, 0.6) is 0 Å². The molecule has 0 bridgehead atoms. The second-order valence-electron chi connectivity index (χ2n) is 6.48. The lowest BCUT2D eigenvalue weighted by atomic mass is 10.1. The lowest BCUT2D eigenvalue weighted by Gasteiger charge is -2.13. The number of anilines is 3. The van der Waals surface area contributed by atoms with E-state index in [1.165, 1.54) is 17.2 Å². The fourth-order valence-electron chi connectivity index (χ4n) is 2.88. The van der Waals surface area contributed by atoms with E-state index >= 15 is 0 Å². The van der Waals surface area contributed by atoms with Crippen LogP contribution in [0.25, 0.3) is 10.9 Å². The van der Waals surface area contributed by atoms with Crippen molar-refractivity contribution in [3.05, 3.63) is 82.8 Å². The van der Waals surface area contributed by atoms with Gasteiger partial charge in [0.1, 0.15) is 0 Å². The molecule has 28 heavy (non-hydrogen) atoms. The topological polar surface area (TPSA) is 89.2 Å². The number of furan rings is 1. The first-order chi connectivity index (χ1) is 13.5. The molecule has 0 aliphatic carbocycles. The highest BCUT2D eigenvalue weighted by Crippen LogP contribution is 2.26.